The van der Waals surface area contributed by atoms with Crippen molar-refractivity contribution in [3.05, 3.63) is 45.1 Å². The van der Waals surface area contributed by atoms with Gasteiger partial charge >= 0.3 is 5.69 Å². The summed E-state index contributed by atoms with van der Waals surface area (Å²) >= 11 is 0. The lowest BCUT2D eigenvalue weighted by Crippen LogP contribution is -2.42. The number of hydrogen-bond donors (Lipinski definition) is 0. The number of likely N-dealkylation sites (N-methyl/N-ethyl adjacent to an activating group) is 1. The van der Waals surface area contributed by atoms with E-state index in [0.29, 0.717) is 24.0 Å². The molecule has 0 fully saturated rings. The number of aromatic nitrogens is 2. The Bertz CT molecular complexity index is 711. The van der Waals surface area contributed by atoms with Crippen LogP contribution in [0.1, 0.15) is 13.8 Å². The van der Waals surface area contributed by atoms with Crippen LogP contribution >= 0.6 is 0 Å². The average Bonchev–Trinajstić information content (AvgIpc) is 2.49. The number of nitrogens with zero attached hydrogens (tertiary/aromatic N) is 3. The number of rotatable bonds is 5. The van der Waals surface area contributed by atoms with Crippen LogP contribution in [0.2, 0.25) is 0 Å². The van der Waals surface area contributed by atoms with Gasteiger partial charge in [-0.3, -0.25) is 13.9 Å². The molecular formula is C15H21N3O2. The second kappa shape index (κ2) is 6.05. The van der Waals surface area contributed by atoms with Gasteiger partial charge in [0.25, 0.3) is 5.56 Å². The molecule has 1 heterocycles. The van der Waals surface area contributed by atoms with Crippen molar-refractivity contribution in [3.8, 4) is 0 Å². The van der Waals surface area contributed by atoms with E-state index >= 15 is 0 Å². The van der Waals surface area contributed by atoms with Gasteiger partial charge in [-0.25, -0.2) is 4.79 Å². The van der Waals surface area contributed by atoms with Gasteiger partial charge in [0.05, 0.1) is 10.9 Å². The second-order valence-corrected chi connectivity index (χ2v) is 4.84. The molecule has 2 rings (SSSR count). The third kappa shape index (κ3) is 2.54. The Labute approximate surface area is 118 Å². The summed E-state index contributed by atoms with van der Waals surface area (Å²) < 4.78 is 2.87. The predicted molar refractivity (Wildman–Crippen MR) is 81.2 cm³/mol. The van der Waals surface area contributed by atoms with E-state index in [1.807, 2.05) is 12.1 Å². The van der Waals surface area contributed by atoms with E-state index in [2.05, 4.69) is 18.7 Å². The van der Waals surface area contributed by atoms with Crippen molar-refractivity contribution in [2.45, 2.75) is 20.4 Å². The molecule has 20 heavy (non-hydrogen) atoms. The molecule has 0 unspecified atom stereocenters. The van der Waals surface area contributed by atoms with Crippen LogP contribution in [-0.4, -0.2) is 33.7 Å². The average molecular weight is 275 g/mol. The molecule has 0 radical (unpaired) electrons. The maximum atomic E-state index is 12.4. The van der Waals surface area contributed by atoms with E-state index in [4.69, 9.17) is 0 Å². The molecule has 0 N–H and O–H groups in total. The molecule has 0 saturated carbocycles. The van der Waals surface area contributed by atoms with Crippen molar-refractivity contribution in [1.82, 2.24) is 14.0 Å². The minimum atomic E-state index is -0.249. The fraction of sp³-hybridized carbons (Fsp3) is 0.467. The summed E-state index contributed by atoms with van der Waals surface area (Å²) in [4.78, 5) is 26.9. The summed E-state index contributed by atoms with van der Waals surface area (Å²) in [5, 5.41) is 0.592. The van der Waals surface area contributed by atoms with E-state index in [1.165, 1.54) is 4.57 Å². The molecule has 0 saturated heterocycles. The smallest absolute Gasteiger partial charge is 0.302 e. The first-order chi connectivity index (χ1) is 9.60. The third-order valence-corrected chi connectivity index (χ3v) is 3.79. The molecule has 5 nitrogen and oxygen atoms in total. The largest absolute Gasteiger partial charge is 0.331 e. The van der Waals surface area contributed by atoms with Crippen molar-refractivity contribution >= 4 is 10.9 Å². The summed E-state index contributed by atoms with van der Waals surface area (Å²) in [5.74, 6) is 0. The molecule has 0 spiro atoms. The van der Waals surface area contributed by atoms with Crippen LogP contribution in [0.15, 0.2) is 33.9 Å². The minimum Gasteiger partial charge on any atom is -0.302 e. The van der Waals surface area contributed by atoms with Crippen molar-refractivity contribution < 1.29 is 0 Å². The zero-order chi connectivity index (χ0) is 14.7. The summed E-state index contributed by atoms with van der Waals surface area (Å²) in [7, 11) is 1.71. The number of benzene rings is 1. The fourth-order valence-electron chi connectivity index (χ4n) is 2.44. The maximum absolute atomic E-state index is 12.4. The Morgan fingerprint density at radius 3 is 2.40 bits per heavy atom. The van der Waals surface area contributed by atoms with Crippen LogP contribution < -0.4 is 11.2 Å². The highest BCUT2D eigenvalue weighted by Gasteiger charge is 2.10. The fourth-order valence-corrected chi connectivity index (χ4v) is 2.44. The zero-order valence-corrected chi connectivity index (χ0v) is 12.3. The molecule has 0 bridgehead atoms. The minimum absolute atomic E-state index is 0.198. The molecule has 2 aromatic rings. The molecule has 108 valence electrons. The normalized spacial score (nSPS) is 11.4. The molecular weight excluding hydrogens is 254 g/mol. The lowest BCUT2D eigenvalue weighted by Gasteiger charge is -2.18. The molecule has 0 aliphatic heterocycles. The van der Waals surface area contributed by atoms with Gasteiger partial charge in [-0.2, -0.15) is 0 Å². The molecule has 0 aliphatic carbocycles. The van der Waals surface area contributed by atoms with Crippen LogP contribution in [-0.2, 0) is 13.6 Å². The number of hydrogen-bond acceptors (Lipinski definition) is 3. The van der Waals surface area contributed by atoms with Crippen molar-refractivity contribution in [3.63, 3.8) is 0 Å². The molecule has 0 aliphatic rings. The van der Waals surface area contributed by atoms with Crippen LogP contribution in [0.5, 0.6) is 0 Å². The van der Waals surface area contributed by atoms with Gasteiger partial charge in [0.15, 0.2) is 0 Å². The standard InChI is InChI=1S/C15H21N3O2/c1-4-17(5-2)10-11-18-14(19)12-8-6-7-9-13(12)16(3)15(18)20/h6-9H,4-5,10-11H2,1-3H3. The first-order valence-electron chi connectivity index (χ1n) is 7.01. The quantitative estimate of drug-likeness (QED) is 0.819. The predicted octanol–water partition coefficient (Wildman–Crippen LogP) is 1.04. The van der Waals surface area contributed by atoms with Crippen molar-refractivity contribution in [1.29, 1.82) is 0 Å². The SMILES string of the molecule is CCN(CC)CCn1c(=O)c2ccccc2n(C)c1=O. The highest BCUT2D eigenvalue weighted by molar-refractivity contribution is 5.77. The van der Waals surface area contributed by atoms with E-state index in [0.717, 1.165) is 13.1 Å². The second-order valence-electron chi connectivity index (χ2n) is 4.84. The molecule has 0 atom stereocenters. The van der Waals surface area contributed by atoms with Gasteiger partial charge in [-0.05, 0) is 25.2 Å². The summed E-state index contributed by atoms with van der Waals surface area (Å²) in [5.41, 5.74) is 0.235. The first-order valence-corrected chi connectivity index (χ1v) is 7.01. The van der Waals surface area contributed by atoms with Crippen LogP contribution in [0.4, 0.5) is 0 Å². The Morgan fingerprint density at radius 1 is 1.10 bits per heavy atom. The van der Waals surface area contributed by atoms with Gasteiger partial charge in [0.2, 0.25) is 0 Å². The Balaban J connectivity index is 2.49. The van der Waals surface area contributed by atoms with Crippen LogP contribution in [0.25, 0.3) is 10.9 Å². The molecule has 1 aromatic heterocycles. The lowest BCUT2D eigenvalue weighted by molar-refractivity contribution is 0.286. The molecule has 1 aromatic carbocycles. The molecule has 0 amide bonds. The number of fused-ring (bicyclic) bond motifs is 1. The van der Waals surface area contributed by atoms with Crippen LogP contribution in [0.3, 0.4) is 0 Å². The summed E-state index contributed by atoms with van der Waals surface area (Å²) in [6.07, 6.45) is 0. The lowest BCUT2D eigenvalue weighted by atomic mass is 10.2. The van der Waals surface area contributed by atoms with Gasteiger partial charge in [0, 0.05) is 20.1 Å². The van der Waals surface area contributed by atoms with E-state index in [1.54, 1.807) is 23.7 Å². The van der Waals surface area contributed by atoms with Gasteiger partial charge in [0.1, 0.15) is 0 Å². The Kier molecular flexibility index (Phi) is 4.39. The van der Waals surface area contributed by atoms with E-state index in [9.17, 15) is 9.59 Å². The van der Waals surface area contributed by atoms with Crippen molar-refractivity contribution in [2.75, 3.05) is 19.6 Å². The number of para-hydroxylation sites is 1. The summed E-state index contributed by atoms with van der Waals surface area (Å²) in [6, 6.07) is 7.22. The van der Waals surface area contributed by atoms with Gasteiger partial charge in [-0.15, -0.1) is 0 Å². The number of aryl methyl sites for hydroxylation is 1. The van der Waals surface area contributed by atoms with Crippen LogP contribution in [0, 0.1) is 0 Å². The highest BCUT2D eigenvalue weighted by atomic mass is 16.2. The zero-order valence-electron chi connectivity index (χ0n) is 12.3. The highest BCUT2D eigenvalue weighted by Crippen LogP contribution is 2.05. The Hall–Kier alpha value is -1.88. The van der Waals surface area contributed by atoms with Gasteiger partial charge < -0.3 is 4.90 Å². The van der Waals surface area contributed by atoms with Crippen molar-refractivity contribution in [2.24, 2.45) is 7.05 Å². The summed E-state index contributed by atoms with van der Waals surface area (Å²) in [6.45, 7) is 7.12. The monoisotopic (exact) mass is 275 g/mol. The third-order valence-electron chi connectivity index (χ3n) is 3.79. The van der Waals surface area contributed by atoms with E-state index in [-0.39, 0.29) is 11.2 Å². The van der Waals surface area contributed by atoms with E-state index < -0.39 is 0 Å². The topological polar surface area (TPSA) is 47.2 Å². The van der Waals surface area contributed by atoms with Gasteiger partial charge in [-0.1, -0.05) is 26.0 Å². The molecule has 5 heteroatoms. The maximum Gasteiger partial charge on any atom is 0.331 e. The Morgan fingerprint density at radius 2 is 1.75 bits per heavy atom. The first kappa shape index (κ1) is 14.5.